The number of nitrogens with zero attached hydrogens (tertiary/aromatic N) is 3. The number of para-hydroxylation sites is 2. The van der Waals surface area contributed by atoms with Crippen molar-refractivity contribution in [3.63, 3.8) is 0 Å². The summed E-state index contributed by atoms with van der Waals surface area (Å²) < 4.78 is 11.5. The maximum absolute atomic E-state index is 13.0. The van der Waals surface area contributed by atoms with Gasteiger partial charge >= 0.3 is 0 Å². The summed E-state index contributed by atoms with van der Waals surface area (Å²) in [7, 11) is 0. The Hall–Kier alpha value is -3.06. The van der Waals surface area contributed by atoms with Crippen molar-refractivity contribution in [2.45, 2.75) is 25.0 Å². The second-order valence-electron chi connectivity index (χ2n) is 8.61. The largest absolute Gasteiger partial charge is 0.485 e. The minimum absolute atomic E-state index is 0.0738. The van der Waals surface area contributed by atoms with Crippen molar-refractivity contribution in [2.75, 3.05) is 45.9 Å². The third-order valence-corrected chi connectivity index (χ3v) is 6.61. The lowest BCUT2D eigenvalue weighted by Crippen LogP contribution is -2.56. The van der Waals surface area contributed by atoms with Gasteiger partial charge in [0, 0.05) is 32.2 Å². The van der Waals surface area contributed by atoms with Crippen LogP contribution in [0.25, 0.3) is 0 Å². The van der Waals surface area contributed by atoms with Gasteiger partial charge in [-0.3, -0.25) is 14.5 Å². The number of rotatable bonds is 4. The van der Waals surface area contributed by atoms with Gasteiger partial charge in [0.1, 0.15) is 6.61 Å². The molecule has 3 heterocycles. The van der Waals surface area contributed by atoms with Crippen LogP contribution in [-0.2, 0) is 9.59 Å². The van der Waals surface area contributed by atoms with Gasteiger partial charge in [-0.1, -0.05) is 42.5 Å². The molecule has 0 saturated carbocycles. The van der Waals surface area contributed by atoms with Crippen LogP contribution < -0.4 is 9.47 Å². The molecule has 0 aliphatic carbocycles. The van der Waals surface area contributed by atoms with Crippen LogP contribution in [0, 0.1) is 0 Å². The lowest BCUT2D eigenvalue weighted by molar-refractivity contribution is -0.146. The van der Waals surface area contributed by atoms with E-state index in [0.29, 0.717) is 50.3 Å². The number of fused-ring (bicyclic) bond motifs is 1. The van der Waals surface area contributed by atoms with Crippen LogP contribution in [0.2, 0.25) is 0 Å². The Morgan fingerprint density at radius 1 is 0.844 bits per heavy atom. The summed E-state index contributed by atoms with van der Waals surface area (Å²) in [5.74, 6) is 1.34. The molecule has 168 valence electrons. The van der Waals surface area contributed by atoms with Crippen molar-refractivity contribution in [3.05, 3.63) is 60.2 Å². The predicted octanol–water partition coefficient (Wildman–Crippen LogP) is 2.33. The smallest absolute Gasteiger partial charge is 0.267 e. The fourth-order valence-electron chi connectivity index (χ4n) is 4.86. The van der Waals surface area contributed by atoms with Gasteiger partial charge in [0.25, 0.3) is 5.91 Å². The van der Waals surface area contributed by atoms with Crippen LogP contribution in [0.15, 0.2) is 54.6 Å². The molecule has 2 unspecified atom stereocenters. The van der Waals surface area contributed by atoms with Crippen molar-refractivity contribution >= 4 is 11.8 Å². The van der Waals surface area contributed by atoms with E-state index in [1.165, 1.54) is 5.56 Å². The topological polar surface area (TPSA) is 62.3 Å². The van der Waals surface area contributed by atoms with Crippen LogP contribution in [-0.4, -0.2) is 78.5 Å². The Kier molecular flexibility index (Phi) is 5.99. The maximum Gasteiger partial charge on any atom is 0.267 e. The number of carbonyl (C=O) groups excluding carboxylic acids is 2. The third-order valence-electron chi connectivity index (χ3n) is 6.61. The number of piperazine rings is 1. The monoisotopic (exact) mass is 435 g/mol. The van der Waals surface area contributed by atoms with Crippen molar-refractivity contribution in [2.24, 2.45) is 0 Å². The van der Waals surface area contributed by atoms with Crippen molar-refractivity contribution in [1.82, 2.24) is 14.7 Å². The summed E-state index contributed by atoms with van der Waals surface area (Å²) in [5.41, 5.74) is 1.28. The zero-order valence-electron chi connectivity index (χ0n) is 18.2. The highest BCUT2D eigenvalue weighted by molar-refractivity contribution is 5.83. The molecule has 2 aromatic carbocycles. The average Bonchev–Trinajstić information content (AvgIpc) is 3.32. The number of ether oxygens (including phenoxy) is 2. The van der Waals surface area contributed by atoms with E-state index in [1.54, 1.807) is 4.90 Å². The molecule has 32 heavy (non-hydrogen) atoms. The zero-order valence-corrected chi connectivity index (χ0v) is 18.2. The van der Waals surface area contributed by atoms with Crippen LogP contribution in [0.1, 0.15) is 24.4 Å². The first-order chi connectivity index (χ1) is 15.7. The molecule has 2 fully saturated rings. The Labute approximate surface area is 188 Å². The molecule has 0 bridgehead atoms. The van der Waals surface area contributed by atoms with Crippen molar-refractivity contribution < 1.29 is 19.1 Å². The quantitative estimate of drug-likeness (QED) is 0.738. The molecule has 2 aromatic rings. The van der Waals surface area contributed by atoms with Gasteiger partial charge in [0.15, 0.2) is 11.5 Å². The minimum Gasteiger partial charge on any atom is -0.485 e. The Morgan fingerprint density at radius 2 is 1.53 bits per heavy atom. The molecular formula is C25H29N3O4. The summed E-state index contributed by atoms with van der Waals surface area (Å²) in [6.45, 7) is 3.75. The fourth-order valence-corrected chi connectivity index (χ4v) is 4.86. The first-order valence-electron chi connectivity index (χ1n) is 11.4. The van der Waals surface area contributed by atoms with E-state index in [4.69, 9.17) is 9.47 Å². The van der Waals surface area contributed by atoms with Gasteiger partial charge in [-0.2, -0.15) is 0 Å². The lowest BCUT2D eigenvalue weighted by atomic mass is 10.0. The van der Waals surface area contributed by atoms with Crippen LogP contribution in [0.4, 0.5) is 0 Å². The van der Waals surface area contributed by atoms with Gasteiger partial charge in [-0.15, -0.1) is 0 Å². The Morgan fingerprint density at radius 3 is 2.31 bits per heavy atom. The highest BCUT2D eigenvalue weighted by Crippen LogP contribution is 2.32. The molecule has 2 atom stereocenters. The molecule has 0 radical (unpaired) electrons. The maximum atomic E-state index is 13.0. The Balaban J connectivity index is 1.13. The normalized spacial score (nSPS) is 23.2. The number of amides is 2. The van der Waals surface area contributed by atoms with Crippen LogP contribution in [0.5, 0.6) is 11.5 Å². The number of hydrogen-bond acceptors (Lipinski definition) is 5. The average molecular weight is 436 g/mol. The van der Waals surface area contributed by atoms with E-state index in [2.05, 4.69) is 29.2 Å². The first kappa shape index (κ1) is 20.8. The van der Waals surface area contributed by atoms with E-state index >= 15 is 0 Å². The summed E-state index contributed by atoms with van der Waals surface area (Å²) in [5, 5.41) is 0. The summed E-state index contributed by atoms with van der Waals surface area (Å²) in [6.07, 6.45) is 1.57. The fraction of sp³-hybridized carbons (Fsp3) is 0.440. The molecule has 3 aliphatic rings. The number of carbonyl (C=O) groups is 2. The molecule has 0 N–H and O–H groups in total. The highest BCUT2D eigenvalue weighted by Gasteiger charge is 2.34. The second-order valence-corrected chi connectivity index (χ2v) is 8.61. The molecular weight excluding hydrogens is 406 g/mol. The number of hydrogen-bond donors (Lipinski definition) is 0. The molecule has 3 aliphatic heterocycles. The van der Waals surface area contributed by atoms with Crippen LogP contribution in [0.3, 0.4) is 0 Å². The Bertz CT molecular complexity index is 959. The van der Waals surface area contributed by atoms with E-state index in [1.807, 2.05) is 35.2 Å². The third kappa shape index (κ3) is 4.30. The molecule has 7 nitrogen and oxygen atoms in total. The predicted molar refractivity (Wildman–Crippen MR) is 120 cm³/mol. The molecule has 0 aromatic heterocycles. The summed E-state index contributed by atoms with van der Waals surface area (Å²) in [6, 6.07) is 18.1. The van der Waals surface area contributed by atoms with Gasteiger partial charge in [-0.05, 0) is 37.1 Å². The van der Waals surface area contributed by atoms with Gasteiger partial charge in [0.2, 0.25) is 12.0 Å². The zero-order chi connectivity index (χ0) is 21.9. The van der Waals surface area contributed by atoms with Crippen LogP contribution >= 0.6 is 0 Å². The summed E-state index contributed by atoms with van der Waals surface area (Å²) in [4.78, 5) is 31.9. The van der Waals surface area contributed by atoms with Gasteiger partial charge in [-0.25, -0.2) is 0 Å². The first-order valence-corrected chi connectivity index (χ1v) is 11.4. The van der Waals surface area contributed by atoms with Gasteiger partial charge < -0.3 is 19.3 Å². The highest BCUT2D eigenvalue weighted by atomic mass is 16.6. The standard InChI is InChI=1S/C25H29N3O4/c29-24(17-28-12-6-9-20(28)19-7-2-1-3-8-19)26-13-15-27(16-14-26)25(30)23-18-31-21-10-4-5-11-22(21)32-23/h1-5,7-8,10-11,20,23H,6,9,12-18H2. The SMILES string of the molecule is O=C(CN1CCCC1c1ccccc1)N1CCN(C(=O)C2COc3ccccc3O2)CC1. The van der Waals surface area contributed by atoms with E-state index in [9.17, 15) is 9.59 Å². The van der Waals surface area contributed by atoms with Crippen molar-refractivity contribution in [1.29, 1.82) is 0 Å². The van der Waals surface area contributed by atoms with Crippen molar-refractivity contribution in [3.8, 4) is 11.5 Å². The molecule has 2 amide bonds. The van der Waals surface area contributed by atoms with E-state index in [-0.39, 0.29) is 18.4 Å². The molecule has 0 spiro atoms. The molecule has 2 saturated heterocycles. The molecule has 5 rings (SSSR count). The van der Waals surface area contributed by atoms with E-state index in [0.717, 1.165) is 19.4 Å². The summed E-state index contributed by atoms with van der Waals surface area (Å²) >= 11 is 0. The lowest BCUT2D eigenvalue weighted by Gasteiger charge is -2.38. The second kappa shape index (κ2) is 9.20. The number of likely N-dealkylation sites (tertiary alicyclic amines) is 1. The van der Waals surface area contributed by atoms with E-state index < -0.39 is 6.10 Å². The van der Waals surface area contributed by atoms with Gasteiger partial charge in [0.05, 0.1) is 6.54 Å². The molecule has 7 heteroatoms. The number of benzene rings is 2. The minimum atomic E-state index is -0.636.